The maximum Gasteiger partial charge on any atom is 0.281 e. The molecule has 2 amide bonds. The first-order valence-electron chi connectivity index (χ1n) is 11.9. The number of ether oxygens (including phenoxy) is 1. The number of carbonyl (C=O) groups is 2. The Balaban J connectivity index is 1.60. The van der Waals surface area contributed by atoms with E-state index in [4.69, 9.17) is 14.6 Å². The third-order valence-electron chi connectivity index (χ3n) is 6.12. The molecular formula is C26H31N5O4. The van der Waals surface area contributed by atoms with Crippen molar-refractivity contribution >= 4 is 34.2 Å². The van der Waals surface area contributed by atoms with Crippen molar-refractivity contribution in [2.24, 2.45) is 5.16 Å². The fraction of sp³-hybridized carbons (Fsp3) is 0.385. The summed E-state index contributed by atoms with van der Waals surface area (Å²) in [5, 5.41) is 4.09. The molecule has 1 aliphatic heterocycles. The van der Waals surface area contributed by atoms with Gasteiger partial charge in [-0.1, -0.05) is 35.5 Å². The lowest BCUT2D eigenvalue weighted by Crippen LogP contribution is -2.33. The molecule has 0 radical (unpaired) electrons. The van der Waals surface area contributed by atoms with Crippen LogP contribution >= 0.6 is 0 Å². The van der Waals surface area contributed by atoms with Gasteiger partial charge >= 0.3 is 0 Å². The number of carbonyl (C=O) groups excluding carboxylic acids is 2. The van der Waals surface area contributed by atoms with E-state index in [0.29, 0.717) is 25.3 Å². The zero-order valence-electron chi connectivity index (χ0n) is 20.4. The van der Waals surface area contributed by atoms with Crippen LogP contribution in [0.3, 0.4) is 0 Å². The minimum Gasteiger partial charge on any atom is -0.385 e. The highest BCUT2D eigenvalue weighted by Crippen LogP contribution is 2.31. The number of oxime groups is 1. The Morgan fingerprint density at radius 2 is 1.83 bits per heavy atom. The fourth-order valence-electron chi connectivity index (χ4n) is 4.33. The number of imidazole rings is 1. The topological polar surface area (TPSA) is 89.3 Å². The Morgan fingerprint density at radius 3 is 2.60 bits per heavy atom. The first kappa shape index (κ1) is 24.4. The molecule has 0 atom stereocenters. The molecule has 1 aliphatic rings. The number of anilines is 1. The van der Waals surface area contributed by atoms with Gasteiger partial charge in [-0.3, -0.25) is 14.5 Å². The molecule has 0 unspecified atom stereocenters. The summed E-state index contributed by atoms with van der Waals surface area (Å²) in [5.74, 6) is 0.334. The van der Waals surface area contributed by atoms with E-state index in [0.717, 1.165) is 35.5 Å². The van der Waals surface area contributed by atoms with Crippen LogP contribution in [0.2, 0.25) is 0 Å². The molecule has 9 heteroatoms. The average molecular weight is 478 g/mol. The normalized spacial score (nSPS) is 14.1. The molecule has 9 nitrogen and oxygen atoms in total. The minimum absolute atomic E-state index is 0.167. The van der Waals surface area contributed by atoms with E-state index in [1.807, 2.05) is 62.4 Å². The quantitative estimate of drug-likeness (QED) is 0.313. The fourth-order valence-corrected chi connectivity index (χ4v) is 4.33. The molecule has 0 spiro atoms. The van der Waals surface area contributed by atoms with Crippen molar-refractivity contribution in [2.45, 2.75) is 33.4 Å². The summed E-state index contributed by atoms with van der Waals surface area (Å²) in [4.78, 5) is 39.2. The van der Waals surface area contributed by atoms with Crippen LogP contribution in [0.15, 0.2) is 53.7 Å². The summed E-state index contributed by atoms with van der Waals surface area (Å²) in [7, 11) is 1.69. The number of nitrogens with zero attached hydrogens (tertiary/aromatic N) is 5. The number of para-hydroxylation sites is 3. The van der Waals surface area contributed by atoms with Crippen LogP contribution in [-0.2, 0) is 32.3 Å². The van der Waals surface area contributed by atoms with E-state index < -0.39 is 0 Å². The molecule has 0 N–H and O–H groups in total. The van der Waals surface area contributed by atoms with Gasteiger partial charge < -0.3 is 19.0 Å². The molecule has 0 saturated heterocycles. The molecule has 4 rings (SSSR count). The van der Waals surface area contributed by atoms with Crippen molar-refractivity contribution in [1.82, 2.24) is 14.5 Å². The predicted molar refractivity (Wildman–Crippen MR) is 134 cm³/mol. The van der Waals surface area contributed by atoms with Gasteiger partial charge in [-0.05, 0) is 38.5 Å². The molecular weight excluding hydrogens is 446 g/mol. The third kappa shape index (κ3) is 5.05. The van der Waals surface area contributed by atoms with Crippen LogP contribution < -0.4 is 4.90 Å². The van der Waals surface area contributed by atoms with Crippen LogP contribution in [0.25, 0.3) is 11.0 Å². The standard InChI is InChI=1S/C26H31N5O4/c1-4-29(5-2)24(32)18-35-28-25-19-11-6-8-13-21(19)31(26(25)33)17-23-27-20-12-7-9-14-22(20)30(23)15-10-16-34-3/h6-9,11-14H,4-5,10,15-18H2,1-3H3/b28-25+. The number of aromatic nitrogens is 2. The van der Waals surface area contributed by atoms with Gasteiger partial charge in [-0.2, -0.15) is 0 Å². The van der Waals surface area contributed by atoms with Gasteiger partial charge in [-0.15, -0.1) is 0 Å². The molecule has 2 heterocycles. The van der Waals surface area contributed by atoms with E-state index >= 15 is 0 Å². The Morgan fingerprint density at radius 1 is 1.09 bits per heavy atom. The van der Waals surface area contributed by atoms with Gasteiger partial charge in [0.2, 0.25) is 0 Å². The van der Waals surface area contributed by atoms with E-state index in [-0.39, 0.29) is 30.7 Å². The SMILES string of the molecule is CCN(CC)C(=O)CO/N=C1/C(=O)N(Cc2nc3ccccc3n2CCCOC)c2ccccc21. The molecule has 184 valence electrons. The summed E-state index contributed by atoms with van der Waals surface area (Å²) < 4.78 is 7.37. The van der Waals surface area contributed by atoms with Crippen molar-refractivity contribution in [2.75, 3.05) is 38.3 Å². The maximum absolute atomic E-state index is 13.4. The van der Waals surface area contributed by atoms with Gasteiger partial charge in [-0.25, -0.2) is 4.98 Å². The smallest absolute Gasteiger partial charge is 0.281 e. The Bertz CT molecular complexity index is 1230. The van der Waals surface area contributed by atoms with Gasteiger partial charge in [0.15, 0.2) is 12.3 Å². The highest BCUT2D eigenvalue weighted by Gasteiger charge is 2.35. The zero-order chi connectivity index (χ0) is 24.8. The van der Waals surface area contributed by atoms with E-state index in [2.05, 4.69) is 9.72 Å². The molecule has 3 aromatic rings. The second-order valence-electron chi connectivity index (χ2n) is 8.20. The average Bonchev–Trinajstić information content (AvgIpc) is 3.35. The Kier molecular flexibility index (Phi) is 7.77. The predicted octanol–water partition coefficient (Wildman–Crippen LogP) is 3.21. The summed E-state index contributed by atoms with van der Waals surface area (Å²) in [6.45, 7) is 6.44. The number of aryl methyl sites for hydroxylation is 1. The van der Waals surface area contributed by atoms with E-state index in [9.17, 15) is 9.59 Å². The number of rotatable bonds is 11. The number of benzene rings is 2. The van der Waals surface area contributed by atoms with Crippen LogP contribution in [-0.4, -0.2) is 65.4 Å². The van der Waals surface area contributed by atoms with Crippen LogP contribution in [0.5, 0.6) is 0 Å². The lowest BCUT2D eigenvalue weighted by atomic mass is 10.1. The van der Waals surface area contributed by atoms with Crippen molar-refractivity contribution < 1.29 is 19.2 Å². The first-order chi connectivity index (χ1) is 17.1. The number of amides is 2. The number of hydrogen-bond acceptors (Lipinski definition) is 6. The van der Waals surface area contributed by atoms with Crippen molar-refractivity contribution in [3.8, 4) is 0 Å². The molecule has 0 bridgehead atoms. The number of fused-ring (bicyclic) bond motifs is 2. The monoisotopic (exact) mass is 477 g/mol. The molecule has 0 saturated carbocycles. The number of likely N-dealkylation sites (N-methyl/N-ethyl adjacent to an activating group) is 1. The molecule has 35 heavy (non-hydrogen) atoms. The lowest BCUT2D eigenvalue weighted by Gasteiger charge is -2.18. The van der Waals surface area contributed by atoms with Crippen LogP contribution in [0.4, 0.5) is 5.69 Å². The van der Waals surface area contributed by atoms with E-state index in [1.165, 1.54) is 0 Å². The zero-order valence-corrected chi connectivity index (χ0v) is 20.4. The van der Waals surface area contributed by atoms with Crippen LogP contribution in [0, 0.1) is 0 Å². The summed E-state index contributed by atoms with van der Waals surface area (Å²) in [6, 6.07) is 15.4. The Labute approximate surface area is 204 Å². The molecule has 2 aromatic carbocycles. The summed E-state index contributed by atoms with van der Waals surface area (Å²) >= 11 is 0. The van der Waals surface area contributed by atoms with E-state index in [1.54, 1.807) is 16.9 Å². The minimum atomic E-state index is -0.281. The number of methoxy groups -OCH3 is 1. The molecule has 0 fully saturated rings. The highest BCUT2D eigenvalue weighted by molar-refractivity contribution is 6.54. The van der Waals surface area contributed by atoms with Crippen molar-refractivity contribution in [3.05, 3.63) is 59.9 Å². The van der Waals surface area contributed by atoms with Gasteiger partial charge in [0.1, 0.15) is 5.82 Å². The third-order valence-corrected chi connectivity index (χ3v) is 6.12. The summed E-state index contributed by atoms with van der Waals surface area (Å²) in [6.07, 6.45) is 0.829. The second-order valence-corrected chi connectivity index (χ2v) is 8.20. The Hall–Kier alpha value is -3.72. The van der Waals surface area contributed by atoms with Gasteiger partial charge in [0.05, 0.1) is 23.3 Å². The largest absolute Gasteiger partial charge is 0.385 e. The molecule has 1 aromatic heterocycles. The van der Waals surface area contributed by atoms with Gasteiger partial charge in [0, 0.05) is 38.9 Å². The van der Waals surface area contributed by atoms with Crippen molar-refractivity contribution in [1.29, 1.82) is 0 Å². The highest BCUT2D eigenvalue weighted by atomic mass is 16.6. The van der Waals surface area contributed by atoms with Gasteiger partial charge in [0.25, 0.3) is 11.8 Å². The second kappa shape index (κ2) is 11.1. The maximum atomic E-state index is 13.4. The number of hydrogen-bond donors (Lipinski definition) is 0. The summed E-state index contributed by atoms with van der Waals surface area (Å²) in [5.41, 5.74) is 3.51. The van der Waals surface area contributed by atoms with Crippen molar-refractivity contribution in [3.63, 3.8) is 0 Å². The first-order valence-corrected chi connectivity index (χ1v) is 11.9. The lowest BCUT2D eigenvalue weighted by molar-refractivity contribution is -0.135. The van der Waals surface area contributed by atoms with Crippen LogP contribution in [0.1, 0.15) is 31.7 Å². The molecule has 0 aliphatic carbocycles.